The number of thiazole rings is 1. The molecule has 3 nitrogen and oxygen atoms in total. The van der Waals surface area contributed by atoms with Crippen LogP contribution in [0, 0.1) is 6.92 Å². The van der Waals surface area contributed by atoms with Crippen molar-refractivity contribution in [2.24, 2.45) is 0 Å². The van der Waals surface area contributed by atoms with Gasteiger partial charge in [0.15, 0.2) is 5.13 Å². The first-order valence-corrected chi connectivity index (χ1v) is 7.81. The number of nitrogens with zero attached hydrogens (tertiary/aromatic N) is 1. The Morgan fingerprint density at radius 3 is 2.65 bits per heavy atom. The second-order valence-electron chi connectivity index (χ2n) is 4.23. The summed E-state index contributed by atoms with van der Waals surface area (Å²) in [5.41, 5.74) is 2.06. The SMILES string of the molecule is Cc1nc(NC(=O)c2cccs2)sc1-c1ccccc1. The molecule has 0 unspecified atom stereocenters. The zero-order chi connectivity index (χ0) is 13.9. The number of nitrogens with one attached hydrogen (secondary N) is 1. The van der Waals surface area contributed by atoms with Crippen LogP contribution in [0.2, 0.25) is 0 Å². The summed E-state index contributed by atoms with van der Waals surface area (Å²) in [6.45, 7) is 1.96. The minimum atomic E-state index is -0.103. The molecule has 0 aliphatic carbocycles. The largest absolute Gasteiger partial charge is 0.297 e. The number of hydrogen-bond acceptors (Lipinski definition) is 4. The Kier molecular flexibility index (Phi) is 3.62. The minimum absolute atomic E-state index is 0.103. The Bertz CT molecular complexity index is 718. The molecule has 0 saturated carbocycles. The second kappa shape index (κ2) is 5.56. The molecule has 1 amide bonds. The summed E-state index contributed by atoms with van der Waals surface area (Å²) in [5.74, 6) is -0.103. The van der Waals surface area contributed by atoms with E-state index in [4.69, 9.17) is 0 Å². The van der Waals surface area contributed by atoms with Crippen molar-refractivity contribution < 1.29 is 4.79 Å². The van der Waals surface area contributed by atoms with Crippen molar-refractivity contribution in [2.75, 3.05) is 5.32 Å². The van der Waals surface area contributed by atoms with Gasteiger partial charge in [0.25, 0.3) is 5.91 Å². The lowest BCUT2D eigenvalue weighted by Crippen LogP contribution is -2.09. The highest BCUT2D eigenvalue weighted by Gasteiger charge is 2.13. The van der Waals surface area contributed by atoms with Gasteiger partial charge in [0.1, 0.15) is 0 Å². The fourth-order valence-corrected chi connectivity index (χ4v) is 3.46. The first-order valence-electron chi connectivity index (χ1n) is 6.12. The molecule has 2 aromatic heterocycles. The van der Waals surface area contributed by atoms with Crippen molar-refractivity contribution in [1.29, 1.82) is 0 Å². The van der Waals surface area contributed by atoms with E-state index in [0.29, 0.717) is 10.0 Å². The van der Waals surface area contributed by atoms with Crippen molar-refractivity contribution in [3.8, 4) is 10.4 Å². The molecule has 0 saturated heterocycles. The van der Waals surface area contributed by atoms with Gasteiger partial charge in [-0.1, -0.05) is 47.7 Å². The summed E-state index contributed by atoms with van der Waals surface area (Å²) in [4.78, 5) is 18.2. The predicted octanol–water partition coefficient (Wildman–Crippen LogP) is 4.43. The maximum Gasteiger partial charge on any atom is 0.267 e. The number of carbonyl (C=O) groups excluding carboxylic acids is 1. The Hall–Kier alpha value is -1.98. The van der Waals surface area contributed by atoms with Crippen LogP contribution in [0.4, 0.5) is 5.13 Å². The molecule has 0 aliphatic heterocycles. The molecule has 1 N–H and O–H groups in total. The van der Waals surface area contributed by atoms with Gasteiger partial charge < -0.3 is 0 Å². The Balaban J connectivity index is 1.85. The third-order valence-electron chi connectivity index (χ3n) is 2.80. The first-order chi connectivity index (χ1) is 9.74. The number of aromatic nitrogens is 1. The standard InChI is InChI=1S/C15H12N2OS2/c1-10-13(11-6-3-2-4-7-11)20-15(16-10)17-14(18)12-8-5-9-19-12/h2-9H,1H3,(H,16,17,18). The van der Waals surface area contributed by atoms with E-state index in [1.54, 1.807) is 6.07 Å². The maximum absolute atomic E-state index is 12.0. The Labute approximate surface area is 124 Å². The van der Waals surface area contributed by atoms with Crippen molar-refractivity contribution in [2.45, 2.75) is 6.92 Å². The lowest BCUT2D eigenvalue weighted by Gasteiger charge is -1.97. The summed E-state index contributed by atoms with van der Waals surface area (Å²) in [6.07, 6.45) is 0. The number of rotatable bonds is 3. The number of anilines is 1. The van der Waals surface area contributed by atoms with Gasteiger partial charge in [-0.2, -0.15) is 0 Å². The van der Waals surface area contributed by atoms with Crippen LogP contribution in [0.1, 0.15) is 15.4 Å². The Morgan fingerprint density at radius 1 is 1.15 bits per heavy atom. The fraction of sp³-hybridized carbons (Fsp3) is 0.0667. The van der Waals surface area contributed by atoms with Gasteiger partial charge in [-0.25, -0.2) is 4.98 Å². The van der Waals surface area contributed by atoms with Gasteiger partial charge in [-0.15, -0.1) is 11.3 Å². The number of hydrogen-bond donors (Lipinski definition) is 1. The van der Waals surface area contributed by atoms with Gasteiger partial charge >= 0.3 is 0 Å². The molecular weight excluding hydrogens is 288 g/mol. The van der Waals surface area contributed by atoms with Crippen LogP contribution in [0.5, 0.6) is 0 Å². The molecule has 3 rings (SSSR count). The van der Waals surface area contributed by atoms with Gasteiger partial charge in [-0.3, -0.25) is 10.1 Å². The van der Waals surface area contributed by atoms with Crippen LogP contribution >= 0.6 is 22.7 Å². The average molecular weight is 300 g/mol. The molecule has 0 radical (unpaired) electrons. The third kappa shape index (κ3) is 2.64. The predicted molar refractivity (Wildman–Crippen MR) is 84.6 cm³/mol. The number of aryl methyl sites for hydroxylation is 1. The van der Waals surface area contributed by atoms with E-state index < -0.39 is 0 Å². The molecule has 1 aromatic carbocycles. The highest BCUT2D eigenvalue weighted by molar-refractivity contribution is 7.19. The summed E-state index contributed by atoms with van der Waals surface area (Å²) in [5, 5.41) is 5.38. The van der Waals surface area contributed by atoms with Crippen LogP contribution in [0.3, 0.4) is 0 Å². The van der Waals surface area contributed by atoms with E-state index in [0.717, 1.165) is 16.1 Å². The summed E-state index contributed by atoms with van der Waals surface area (Å²) < 4.78 is 0. The number of amides is 1. The molecule has 0 bridgehead atoms. The van der Waals surface area contributed by atoms with Crippen LogP contribution in [-0.2, 0) is 0 Å². The molecule has 0 atom stereocenters. The van der Waals surface area contributed by atoms with Crippen LogP contribution in [0.15, 0.2) is 47.8 Å². The van der Waals surface area contributed by atoms with E-state index >= 15 is 0 Å². The smallest absolute Gasteiger partial charge is 0.267 e. The average Bonchev–Trinajstić information content (AvgIpc) is 3.09. The first kappa shape index (κ1) is 13.0. The highest BCUT2D eigenvalue weighted by atomic mass is 32.1. The normalized spacial score (nSPS) is 10.4. The summed E-state index contributed by atoms with van der Waals surface area (Å²) in [6, 6.07) is 13.7. The van der Waals surface area contributed by atoms with Crippen molar-refractivity contribution in [3.63, 3.8) is 0 Å². The van der Waals surface area contributed by atoms with Gasteiger partial charge in [0.05, 0.1) is 15.4 Å². The van der Waals surface area contributed by atoms with E-state index in [-0.39, 0.29) is 5.91 Å². The van der Waals surface area contributed by atoms with Crippen LogP contribution < -0.4 is 5.32 Å². The van der Waals surface area contributed by atoms with Crippen molar-refractivity contribution in [3.05, 3.63) is 58.4 Å². The van der Waals surface area contributed by atoms with Gasteiger partial charge in [0, 0.05) is 0 Å². The third-order valence-corrected chi connectivity index (χ3v) is 4.79. The molecule has 3 aromatic rings. The molecule has 2 heterocycles. The van der Waals surface area contributed by atoms with Crippen LogP contribution in [-0.4, -0.2) is 10.9 Å². The monoisotopic (exact) mass is 300 g/mol. The molecular formula is C15H12N2OS2. The molecule has 100 valence electrons. The van der Waals surface area contributed by atoms with Gasteiger partial charge in [0.2, 0.25) is 0 Å². The topological polar surface area (TPSA) is 42.0 Å². The Morgan fingerprint density at radius 2 is 1.95 bits per heavy atom. The van der Waals surface area contributed by atoms with Crippen molar-refractivity contribution >= 4 is 33.7 Å². The van der Waals surface area contributed by atoms with Gasteiger partial charge in [-0.05, 0) is 23.9 Å². The fourth-order valence-electron chi connectivity index (χ4n) is 1.87. The van der Waals surface area contributed by atoms with Crippen molar-refractivity contribution in [1.82, 2.24) is 4.98 Å². The molecule has 0 aliphatic rings. The van der Waals surface area contributed by atoms with E-state index in [1.807, 2.05) is 48.7 Å². The highest BCUT2D eigenvalue weighted by Crippen LogP contribution is 2.32. The van der Waals surface area contributed by atoms with E-state index in [2.05, 4.69) is 10.3 Å². The van der Waals surface area contributed by atoms with Crippen LogP contribution in [0.25, 0.3) is 10.4 Å². The minimum Gasteiger partial charge on any atom is -0.297 e. The lowest BCUT2D eigenvalue weighted by molar-refractivity contribution is 0.103. The number of thiophene rings is 1. The maximum atomic E-state index is 12.0. The number of benzene rings is 1. The summed E-state index contributed by atoms with van der Waals surface area (Å²) >= 11 is 2.92. The van der Waals surface area contributed by atoms with E-state index in [1.165, 1.54) is 22.7 Å². The molecule has 5 heteroatoms. The number of carbonyl (C=O) groups is 1. The van der Waals surface area contributed by atoms with E-state index in [9.17, 15) is 4.79 Å². The molecule has 0 fully saturated rings. The zero-order valence-electron chi connectivity index (χ0n) is 10.8. The summed E-state index contributed by atoms with van der Waals surface area (Å²) in [7, 11) is 0. The second-order valence-corrected chi connectivity index (χ2v) is 6.18. The quantitative estimate of drug-likeness (QED) is 0.777. The zero-order valence-corrected chi connectivity index (χ0v) is 12.4. The lowest BCUT2D eigenvalue weighted by atomic mass is 10.2. The molecule has 0 spiro atoms. The molecule has 20 heavy (non-hydrogen) atoms.